The van der Waals surface area contributed by atoms with E-state index in [0.717, 1.165) is 18.0 Å². The quantitative estimate of drug-likeness (QED) is 0.790. The van der Waals surface area contributed by atoms with Crippen molar-refractivity contribution in [1.82, 2.24) is 5.32 Å². The van der Waals surface area contributed by atoms with E-state index in [0.29, 0.717) is 11.8 Å². The maximum atomic E-state index is 11.9. The molecule has 1 N–H and O–H groups in total. The van der Waals surface area contributed by atoms with Gasteiger partial charge in [-0.25, -0.2) is 0 Å². The number of carbonyl (C=O) groups excluding carboxylic acids is 1. The van der Waals surface area contributed by atoms with Crippen LogP contribution in [-0.4, -0.2) is 12.5 Å². The Morgan fingerprint density at radius 1 is 1.18 bits per heavy atom. The Labute approximate surface area is 102 Å². The highest BCUT2D eigenvalue weighted by Gasteiger charge is 2.35. The lowest BCUT2D eigenvalue weighted by molar-refractivity contribution is 0.0945. The van der Waals surface area contributed by atoms with E-state index in [4.69, 9.17) is 0 Å². The number of carbonyl (C=O) groups is 1. The van der Waals surface area contributed by atoms with E-state index in [1.54, 1.807) is 0 Å². The van der Waals surface area contributed by atoms with Gasteiger partial charge in [-0.1, -0.05) is 30.4 Å². The van der Waals surface area contributed by atoms with Gasteiger partial charge in [0.15, 0.2) is 0 Å². The summed E-state index contributed by atoms with van der Waals surface area (Å²) in [6.45, 7) is 0.819. The summed E-state index contributed by atoms with van der Waals surface area (Å²) in [5.41, 5.74) is 0.756. The van der Waals surface area contributed by atoms with Crippen molar-refractivity contribution in [2.45, 2.75) is 12.8 Å². The summed E-state index contributed by atoms with van der Waals surface area (Å²) >= 11 is 0. The maximum absolute atomic E-state index is 11.9. The second-order valence-corrected chi connectivity index (χ2v) is 5.12. The van der Waals surface area contributed by atoms with Crippen LogP contribution in [0.25, 0.3) is 0 Å². The van der Waals surface area contributed by atoms with Crippen molar-refractivity contribution < 1.29 is 4.79 Å². The largest absolute Gasteiger partial charge is 0.352 e. The molecule has 2 nitrogen and oxygen atoms in total. The van der Waals surface area contributed by atoms with Crippen LogP contribution in [0.15, 0.2) is 42.5 Å². The van der Waals surface area contributed by atoms with Crippen LogP contribution in [0.2, 0.25) is 0 Å². The van der Waals surface area contributed by atoms with E-state index in [2.05, 4.69) is 17.5 Å². The number of amides is 1. The van der Waals surface area contributed by atoms with Gasteiger partial charge < -0.3 is 5.32 Å². The number of fused-ring (bicyclic) bond motifs is 2. The van der Waals surface area contributed by atoms with E-state index < -0.39 is 0 Å². The van der Waals surface area contributed by atoms with Crippen molar-refractivity contribution in [3.8, 4) is 0 Å². The molecule has 1 aromatic carbocycles. The SMILES string of the molecule is O=C(NCC1CC2C=CC1C2)c1ccccc1. The molecule has 1 amide bonds. The molecule has 88 valence electrons. The smallest absolute Gasteiger partial charge is 0.251 e. The Balaban J connectivity index is 1.55. The third-order valence-corrected chi connectivity index (χ3v) is 3.98. The molecule has 0 heterocycles. The third-order valence-electron chi connectivity index (χ3n) is 3.98. The van der Waals surface area contributed by atoms with Gasteiger partial charge in [-0.2, -0.15) is 0 Å². The molecule has 2 aliphatic carbocycles. The van der Waals surface area contributed by atoms with Crippen LogP contribution in [0, 0.1) is 17.8 Å². The van der Waals surface area contributed by atoms with Crippen molar-refractivity contribution in [1.29, 1.82) is 0 Å². The molecular weight excluding hydrogens is 210 g/mol. The fraction of sp³-hybridized carbons (Fsp3) is 0.400. The van der Waals surface area contributed by atoms with Crippen molar-refractivity contribution in [3.63, 3.8) is 0 Å². The molecule has 17 heavy (non-hydrogen) atoms. The van der Waals surface area contributed by atoms with Crippen molar-refractivity contribution in [2.24, 2.45) is 17.8 Å². The molecule has 3 atom stereocenters. The summed E-state index contributed by atoms with van der Waals surface area (Å²) < 4.78 is 0. The zero-order valence-electron chi connectivity index (χ0n) is 9.80. The predicted octanol–water partition coefficient (Wildman–Crippen LogP) is 2.63. The number of rotatable bonds is 3. The molecule has 0 aliphatic heterocycles. The van der Waals surface area contributed by atoms with Crippen LogP contribution < -0.4 is 5.32 Å². The normalized spacial score (nSPS) is 29.5. The number of benzene rings is 1. The fourth-order valence-corrected chi connectivity index (χ4v) is 3.04. The molecule has 3 unspecified atom stereocenters. The standard InChI is InChI=1S/C15H17NO/c17-15(12-4-2-1-3-5-12)16-10-14-9-11-6-7-13(14)8-11/h1-7,11,13-14H,8-10H2,(H,16,17). The zero-order valence-corrected chi connectivity index (χ0v) is 9.80. The summed E-state index contributed by atoms with van der Waals surface area (Å²) in [6.07, 6.45) is 7.20. The van der Waals surface area contributed by atoms with Gasteiger partial charge in [0.1, 0.15) is 0 Å². The van der Waals surface area contributed by atoms with Crippen LogP contribution >= 0.6 is 0 Å². The van der Waals surface area contributed by atoms with Gasteiger partial charge in [0.05, 0.1) is 0 Å². The molecule has 0 spiro atoms. The van der Waals surface area contributed by atoms with Crippen molar-refractivity contribution in [3.05, 3.63) is 48.0 Å². The first kappa shape index (κ1) is 10.6. The van der Waals surface area contributed by atoms with Crippen LogP contribution in [0.1, 0.15) is 23.2 Å². The van der Waals surface area contributed by atoms with Gasteiger partial charge in [-0.3, -0.25) is 4.79 Å². The van der Waals surface area contributed by atoms with Gasteiger partial charge in [-0.15, -0.1) is 0 Å². The summed E-state index contributed by atoms with van der Waals surface area (Å²) in [5.74, 6) is 2.18. The molecular formula is C15H17NO. The van der Waals surface area contributed by atoms with Gasteiger partial charge in [-0.05, 0) is 42.7 Å². The number of hydrogen-bond acceptors (Lipinski definition) is 1. The lowest BCUT2D eigenvalue weighted by Crippen LogP contribution is -2.30. The minimum Gasteiger partial charge on any atom is -0.352 e. The summed E-state index contributed by atoms with van der Waals surface area (Å²) in [4.78, 5) is 11.9. The van der Waals surface area contributed by atoms with Crippen LogP contribution in [0.3, 0.4) is 0 Å². The van der Waals surface area contributed by atoms with E-state index in [1.807, 2.05) is 30.3 Å². The highest BCUT2D eigenvalue weighted by atomic mass is 16.1. The Bertz CT molecular complexity index is 437. The van der Waals surface area contributed by atoms with Gasteiger partial charge in [0.2, 0.25) is 0 Å². The highest BCUT2D eigenvalue weighted by molar-refractivity contribution is 5.94. The van der Waals surface area contributed by atoms with E-state index in [1.165, 1.54) is 12.8 Å². The van der Waals surface area contributed by atoms with E-state index in [9.17, 15) is 4.79 Å². The number of hydrogen-bond donors (Lipinski definition) is 1. The first-order chi connectivity index (χ1) is 8.33. The predicted molar refractivity (Wildman–Crippen MR) is 67.6 cm³/mol. The Kier molecular flexibility index (Phi) is 2.71. The lowest BCUT2D eigenvalue weighted by Gasteiger charge is -2.18. The molecule has 0 radical (unpaired) electrons. The molecule has 2 aliphatic rings. The first-order valence-electron chi connectivity index (χ1n) is 6.34. The van der Waals surface area contributed by atoms with E-state index in [-0.39, 0.29) is 5.91 Å². The second-order valence-electron chi connectivity index (χ2n) is 5.12. The second kappa shape index (κ2) is 4.36. The zero-order chi connectivity index (χ0) is 11.7. The minimum absolute atomic E-state index is 0.0531. The molecule has 1 aromatic rings. The van der Waals surface area contributed by atoms with Crippen LogP contribution in [0.4, 0.5) is 0 Å². The topological polar surface area (TPSA) is 29.1 Å². The van der Waals surface area contributed by atoms with Crippen LogP contribution in [0.5, 0.6) is 0 Å². The van der Waals surface area contributed by atoms with Crippen LogP contribution in [-0.2, 0) is 0 Å². The molecule has 2 heteroatoms. The lowest BCUT2D eigenvalue weighted by atomic mass is 9.93. The number of nitrogens with one attached hydrogen (secondary N) is 1. The monoisotopic (exact) mass is 227 g/mol. The summed E-state index contributed by atoms with van der Waals surface area (Å²) in [7, 11) is 0. The van der Waals surface area contributed by atoms with E-state index >= 15 is 0 Å². The first-order valence-corrected chi connectivity index (χ1v) is 6.34. The highest BCUT2D eigenvalue weighted by Crippen LogP contribution is 2.42. The average molecular weight is 227 g/mol. The van der Waals surface area contributed by atoms with Gasteiger partial charge >= 0.3 is 0 Å². The van der Waals surface area contributed by atoms with Crippen molar-refractivity contribution in [2.75, 3.05) is 6.54 Å². The Hall–Kier alpha value is -1.57. The fourth-order valence-electron chi connectivity index (χ4n) is 3.04. The van der Waals surface area contributed by atoms with Crippen molar-refractivity contribution >= 4 is 5.91 Å². The third kappa shape index (κ3) is 2.12. The molecule has 0 saturated heterocycles. The number of allylic oxidation sites excluding steroid dienone is 2. The maximum Gasteiger partial charge on any atom is 0.251 e. The molecule has 2 bridgehead atoms. The molecule has 1 fully saturated rings. The minimum atomic E-state index is 0.0531. The Morgan fingerprint density at radius 2 is 2.00 bits per heavy atom. The molecule has 3 rings (SSSR count). The average Bonchev–Trinajstić information content (AvgIpc) is 2.99. The molecule has 1 saturated carbocycles. The van der Waals surface area contributed by atoms with Gasteiger partial charge in [0.25, 0.3) is 5.91 Å². The Morgan fingerprint density at radius 3 is 2.65 bits per heavy atom. The summed E-state index contributed by atoms with van der Waals surface area (Å²) in [5, 5.41) is 3.05. The summed E-state index contributed by atoms with van der Waals surface area (Å²) in [6, 6.07) is 9.44. The molecule has 0 aromatic heterocycles. The van der Waals surface area contributed by atoms with Gasteiger partial charge in [0, 0.05) is 12.1 Å².